The normalized spacial score (nSPS) is 10.2. The summed E-state index contributed by atoms with van der Waals surface area (Å²) < 4.78 is 0. The molecule has 0 saturated heterocycles. The van der Waals surface area contributed by atoms with E-state index in [1.807, 2.05) is 24.0 Å². The van der Waals surface area contributed by atoms with Gasteiger partial charge in [-0.05, 0) is 37.5 Å². The van der Waals surface area contributed by atoms with Crippen LogP contribution >= 0.6 is 0 Å². The standard InChI is InChI=1S/C13H20N2O/c1-4-8-15(9-5-2)13(16)12-10-11(3)6-7-14-12/h6-7,10H,4-5,8-9H2,1-3H3. The van der Waals surface area contributed by atoms with Crippen LogP contribution in [0.2, 0.25) is 0 Å². The lowest BCUT2D eigenvalue weighted by Gasteiger charge is -2.20. The lowest BCUT2D eigenvalue weighted by Crippen LogP contribution is -2.33. The van der Waals surface area contributed by atoms with Crippen LogP contribution in [0.4, 0.5) is 0 Å². The maximum Gasteiger partial charge on any atom is 0.272 e. The van der Waals surface area contributed by atoms with Gasteiger partial charge in [-0.1, -0.05) is 13.8 Å². The Morgan fingerprint density at radius 2 is 1.94 bits per heavy atom. The number of nitrogens with zero attached hydrogens (tertiary/aromatic N) is 2. The molecule has 0 atom stereocenters. The van der Waals surface area contributed by atoms with E-state index >= 15 is 0 Å². The predicted octanol–water partition coefficient (Wildman–Crippen LogP) is 2.65. The third-order valence-corrected chi connectivity index (χ3v) is 2.41. The van der Waals surface area contributed by atoms with E-state index in [1.165, 1.54) is 0 Å². The Balaban J connectivity index is 2.81. The smallest absolute Gasteiger partial charge is 0.272 e. The van der Waals surface area contributed by atoms with Crippen molar-refractivity contribution in [3.63, 3.8) is 0 Å². The summed E-state index contributed by atoms with van der Waals surface area (Å²) in [5, 5.41) is 0. The van der Waals surface area contributed by atoms with E-state index in [9.17, 15) is 4.79 Å². The van der Waals surface area contributed by atoms with Crippen LogP contribution in [0.25, 0.3) is 0 Å². The molecule has 0 N–H and O–H groups in total. The molecule has 1 aromatic heterocycles. The Kier molecular flexibility index (Phi) is 4.96. The van der Waals surface area contributed by atoms with Crippen LogP contribution in [0.15, 0.2) is 18.3 Å². The zero-order chi connectivity index (χ0) is 12.0. The number of aromatic nitrogens is 1. The number of carbonyl (C=O) groups excluding carboxylic acids is 1. The van der Waals surface area contributed by atoms with Crippen molar-refractivity contribution in [3.8, 4) is 0 Å². The molecular formula is C13H20N2O. The van der Waals surface area contributed by atoms with E-state index in [0.717, 1.165) is 31.5 Å². The molecule has 0 fully saturated rings. The Bertz CT molecular complexity index is 344. The van der Waals surface area contributed by atoms with Gasteiger partial charge in [-0.3, -0.25) is 9.78 Å². The van der Waals surface area contributed by atoms with Crippen LogP contribution in [0, 0.1) is 6.92 Å². The maximum absolute atomic E-state index is 12.1. The molecule has 1 rings (SSSR count). The predicted molar refractivity (Wildman–Crippen MR) is 65.5 cm³/mol. The van der Waals surface area contributed by atoms with Gasteiger partial charge < -0.3 is 4.90 Å². The molecule has 88 valence electrons. The van der Waals surface area contributed by atoms with Crippen LogP contribution in [0.1, 0.15) is 42.7 Å². The average Bonchev–Trinajstić information content (AvgIpc) is 2.28. The number of pyridine rings is 1. The second-order valence-corrected chi connectivity index (χ2v) is 4.01. The van der Waals surface area contributed by atoms with Crippen molar-refractivity contribution in [2.75, 3.05) is 13.1 Å². The minimum absolute atomic E-state index is 0.0485. The van der Waals surface area contributed by atoms with E-state index in [1.54, 1.807) is 6.20 Å². The summed E-state index contributed by atoms with van der Waals surface area (Å²) in [6.45, 7) is 7.76. The van der Waals surface area contributed by atoms with Gasteiger partial charge in [0, 0.05) is 19.3 Å². The topological polar surface area (TPSA) is 33.2 Å². The Morgan fingerprint density at radius 1 is 1.31 bits per heavy atom. The molecule has 16 heavy (non-hydrogen) atoms. The lowest BCUT2D eigenvalue weighted by molar-refractivity contribution is 0.0749. The van der Waals surface area contributed by atoms with Gasteiger partial charge >= 0.3 is 0 Å². The van der Waals surface area contributed by atoms with Crippen molar-refractivity contribution in [2.24, 2.45) is 0 Å². The minimum Gasteiger partial charge on any atom is -0.337 e. The first-order valence-corrected chi connectivity index (χ1v) is 5.91. The molecule has 0 aliphatic rings. The summed E-state index contributed by atoms with van der Waals surface area (Å²) in [6, 6.07) is 3.75. The number of rotatable bonds is 5. The zero-order valence-electron chi connectivity index (χ0n) is 10.4. The maximum atomic E-state index is 12.1. The fourth-order valence-corrected chi connectivity index (χ4v) is 1.67. The third kappa shape index (κ3) is 3.33. The van der Waals surface area contributed by atoms with Gasteiger partial charge in [0.15, 0.2) is 0 Å². The van der Waals surface area contributed by atoms with Gasteiger partial charge in [-0.15, -0.1) is 0 Å². The van der Waals surface area contributed by atoms with E-state index in [2.05, 4.69) is 18.8 Å². The number of carbonyl (C=O) groups is 1. The van der Waals surface area contributed by atoms with Gasteiger partial charge in [0.25, 0.3) is 5.91 Å². The molecule has 1 heterocycles. The monoisotopic (exact) mass is 220 g/mol. The van der Waals surface area contributed by atoms with Gasteiger partial charge in [0.2, 0.25) is 0 Å². The van der Waals surface area contributed by atoms with E-state index < -0.39 is 0 Å². The van der Waals surface area contributed by atoms with Crippen molar-refractivity contribution in [1.82, 2.24) is 9.88 Å². The Morgan fingerprint density at radius 3 is 2.44 bits per heavy atom. The molecule has 0 unspecified atom stereocenters. The summed E-state index contributed by atoms with van der Waals surface area (Å²) >= 11 is 0. The summed E-state index contributed by atoms with van der Waals surface area (Å²) in [6.07, 6.45) is 3.66. The number of hydrogen-bond acceptors (Lipinski definition) is 2. The van der Waals surface area contributed by atoms with Crippen molar-refractivity contribution in [2.45, 2.75) is 33.6 Å². The molecule has 0 saturated carbocycles. The molecule has 3 nitrogen and oxygen atoms in total. The third-order valence-electron chi connectivity index (χ3n) is 2.41. The van der Waals surface area contributed by atoms with Crippen LogP contribution in [-0.2, 0) is 0 Å². The molecule has 0 radical (unpaired) electrons. The lowest BCUT2D eigenvalue weighted by atomic mass is 10.2. The van der Waals surface area contributed by atoms with Crippen molar-refractivity contribution >= 4 is 5.91 Å². The quantitative estimate of drug-likeness (QED) is 0.764. The van der Waals surface area contributed by atoms with Crippen molar-refractivity contribution in [1.29, 1.82) is 0 Å². The fourth-order valence-electron chi connectivity index (χ4n) is 1.67. The van der Waals surface area contributed by atoms with Crippen molar-refractivity contribution < 1.29 is 4.79 Å². The summed E-state index contributed by atoms with van der Waals surface area (Å²) in [7, 11) is 0. The van der Waals surface area contributed by atoms with E-state index in [-0.39, 0.29) is 5.91 Å². The Labute approximate surface area is 97.5 Å². The van der Waals surface area contributed by atoms with Gasteiger partial charge in [-0.25, -0.2) is 0 Å². The summed E-state index contributed by atoms with van der Waals surface area (Å²) in [5.41, 5.74) is 1.63. The molecule has 1 aromatic rings. The second-order valence-electron chi connectivity index (χ2n) is 4.01. The molecule has 3 heteroatoms. The molecule has 0 aliphatic heterocycles. The molecule has 0 aliphatic carbocycles. The zero-order valence-corrected chi connectivity index (χ0v) is 10.4. The van der Waals surface area contributed by atoms with Gasteiger partial charge in [-0.2, -0.15) is 0 Å². The van der Waals surface area contributed by atoms with Crippen LogP contribution in [-0.4, -0.2) is 28.9 Å². The first-order chi connectivity index (χ1) is 7.69. The number of amides is 1. The highest BCUT2D eigenvalue weighted by atomic mass is 16.2. The first-order valence-electron chi connectivity index (χ1n) is 5.91. The minimum atomic E-state index is 0.0485. The fraction of sp³-hybridized carbons (Fsp3) is 0.538. The van der Waals surface area contributed by atoms with Crippen molar-refractivity contribution in [3.05, 3.63) is 29.6 Å². The van der Waals surface area contributed by atoms with Gasteiger partial charge in [0.05, 0.1) is 0 Å². The molecule has 0 bridgehead atoms. The van der Waals surface area contributed by atoms with E-state index in [0.29, 0.717) is 5.69 Å². The Hall–Kier alpha value is -1.38. The molecule has 0 spiro atoms. The average molecular weight is 220 g/mol. The highest BCUT2D eigenvalue weighted by molar-refractivity contribution is 5.92. The summed E-state index contributed by atoms with van der Waals surface area (Å²) in [4.78, 5) is 18.2. The molecular weight excluding hydrogens is 200 g/mol. The van der Waals surface area contributed by atoms with Crippen LogP contribution < -0.4 is 0 Å². The largest absolute Gasteiger partial charge is 0.337 e. The highest BCUT2D eigenvalue weighted by Gasteiger charge is 2.15. The molecule has 1 amide bonds. The second kappa shape index (κ2) is 6.26. The van der Waals surface area contributed by atoms with Crippen LogP contribution in [0.3, 0.4) is 0 Å². The SMILES string of the molecule is CCCN(CCC)C(=O)c1cc(C)ccn1. The van der Waals surface area contributed by atoms with Crippen LogP contribution in [0.5, 0.6) is 0 Å². The summed E-state index contributed by atoms with van der Waals surface area (Å²) in [5.74, 6) is 0.0485. The van der Waals surface area contributed by atoms with E-state index in [4.69, 9.17) is 0 Å². The first kappa shape index (κ1) is 12.7. The number of hydrogen-bond donors (Lipinski definition) is 0. The highest BCUT2D eigenvalue weighted by Crippen LogP contribution is 2.06. The molecule has 0 aromatic carbocycles. The van der Waals surface area contributed by atoms with Gasteiger partial charge in [0.1, 0.15) is 5.69 Å². The number of aryl methyl sites for hydroxylation is 1.